The lowest BCUT2D eigenvalue weighted by molar-refractivity contribution is 0.631. The van der Waals surface area contributed by atoms with Gasteiger partial charge in [0.15, 0.2) is 0 Å². The summed E-state index contributed by atoms with van der Waals surface area (Å²) >= 11 is 0. The van der Waals surface area contributed by atoms with Gasteiger partial charge in [-0.2, -0.15) is 0 Å². The normalized spacial score (nSPS) is 24.8. The van der Waals surface area contributed by atoms with Crippen LogP contribution in [0.5, 0.6) is 0 Å². The zero-order valence-electron chi connectivity index (χ0n) is 8.94. The summed E-state index contributed by atoms with van der Waals surface area (Å²) < 4.78 is 0. The lowest BCUT2D eigenvalue weighted by atomic mass is 9.82. The highest BCUT2D eigenvalue weighted by Crippen LogP contribution is 2.31. The summed E-state index contributed by atoms with van der Waals surface area (Å²) in [6.45, 7) is 11.4. The molecule has 0 saturated heterocycles. The zero-order valence-corrected chi connectivity index (χ0v) is 8.94. The molecule has 0 aromatic heterocycles. The van der Waals surface area contributed by atoms with Gasteiger partial charge in [0, 0.05) is 0 Å². The summed E-state index contributed by atoms with van der Waals surface area (Å²) in [6, 6.07) is 0. The van der Waals surface area contributed by atoms with Gasteiger partial charge in [0.1, 0.15) is 0 Å². The average Bonchev–Trinajstić information content (AvgIpc) is 1.96. The van der Waals surface area contributed by atoms with Crippen LogP contribution >= 0.6 is 0 Å². The molecule has 0 amide bonds. The summed E-state index contributed by atoms with van der Waals surface area (Å²) in [7, 11) is 0. The first kappa shape index (κ1) is 9.57. The fourth-order valence-electron chi connectivity index (χ4n) is 1.91. The van der Waals surface area contributed by atoms with E-state index in [1.807, 2.05) is 0 Å². The van der Waals surface area contributed by atoms with Crippen LogP contribution < -0.4 is 0 Å². The molecule has 0 heteroatoms. The van der Waals surface area contributed by atoms with Crippen molar-refractivity contribution >= 4 is 0 Å². The predicted octanol–water partition coefficient (Wildman–Crippen LogP) is 3.95. The molecule has 0 aromatic rings. The van der Waals surface area contributed by atoms with Crippen LogP contribution in [0.3, 0.4) is 0 Å². The van der Waals surface area contributed by atoms with Crippen molar-refractivity contribution in [3.63, 3.8) is 0 Å². The molecule has 1 aliphatic carbocycles. The predicted molar refractivity (Wildman–Crippen MR) is 55.1 cm³/mol. The van der Waals surface area contributed by atoms with Crippen molar-refractivity contribution in [3.8, 4) is 0 Å². The molecule has 0 N–H and O–H groups in total. The van der Waals surface area contributed by atoms with E-state index in [4.69, 9.17) is 0 Å². The van der Waals surface area contributed by atoms with E-state index < -0.39 is 0 Å². The maximum atomic E-state index is 2.38. The molecule has 68 valence electrons. The van der Waals surface area contributed by atoms with E-state index >= 15 is 0 Å². The van der Waals surface area contributed by atoms with Gasteiger partial charge in [0.05, 0.1) is 0 Å². The monoisotopic (exact) mass is 164 g/mol. The van der Waals surface area contributed by atoms with Crippen molar-refractivity contribution in [1.29, 1.82) is 0 Å². The Labute approximate surface area is 76.4 Å². The summed E-state index contributed by atoms with van der Waals surface area (Å²) in [4.78, 5) is 0. The molecule has 12 heavy (non-hydrogen) atoms. The minimum absolute atomic E-state index is 0.687. The molecule has 1 aliphatic rings. The van der Waals surface area contributed by atoms with Crippen LogP contribution in [0.2, 0.25) is 0 Å². The van der Waals surface area contributed by atoms with Gasteiger partial charge in [-0.3, -0.25) is 0 Å². The van der Waals surface area contributed by atoms with Gasteiger partial charge in [0.2, 0.25) is 0 Å². The lowest BCUT2D eigenvalue weighted by Crippen LogP contribution is -2.08. The molecule has 0 aromatic carbocycles. The topological polar surface area (TPSA) is 0 Å². The largest absolute Gasteiger partial charge is 0.0699 e. The van der Waals surface area contributed by atoms with Crippen molar-refractivity contribution in [2.24, 2.45) is 11.8 Å². The maximum absolute atomic E-state index is 2.38. The molecule has 0 radical (unpaired) electrons. The quantitative estimate of drug-likeness (QED) is 0.550. The molecular formula is C12H20. The average molecular weight is 164 g/mol. The van der Waals surface area contributed by atoms with Gasteiger partial charge in [-0.1, -0.05) is 38.0 Å². The maximum Gasteiger partial charge on any atom is -0.0194 e. The van der Waals surface area contributed by atoms with Crippen molar-refractivity contribution in [2.75, 3.05) is 0 Å². The molecule has 1 unspecified atom stereocenters. The Balaban J connectivity index is 2.94. The molecule has 0 nitrogen and oxygen atoms in total. The molecule has 0 saturated carbocycles. The van der Waals surface area contributed by atoms with Crippen LogP contribution in [-0.4, -0.2) is 0 Å². The Morgan fingerprint density at radius 3 is 2.42 bits per heavy atom. The van der Waals surface area contributed by atoms with Gasteiger partial charge in [-0.25, -0.2) is 0 Å². The summed E-state index contributed by atoms with van der Waals surface area (Å²) in [5.41, 5.74) is 4.69. The van der Waals surface area contributed by atoms with Crippen LogP contribution in [0.1, 0.15) is 41.0 Å². The first-order chi connectivity index (χ1) is 5.52. The van der Waals surface area contributed by atoms with Crippen LogP contribution in [0.25, 0.3) is 0 Å². The Morgan fingerprint density at radius 1 is 1.33 bits per heavy atom. The lowest BCUT2D eigenvalue weighted by Gasteiger charge is -2.23. The van der Waals surface area contributed by atoms with E-state index in [-0.39, 0.29) is 0 Å². The molecule has 1 atom stereocenters. The number of allylic oxidation sites excluding steroid dienone is 4. The van der Waals surface area contributed by atoms with Gasteiger partial charge in [-0.15, -0.1) is 0 Å². The Bertz CT molecular complexity index is 228. The molecule has 0 fully saturated rings. The summed E-state index contributed by atoms with van der Waals surface area (Å²) in [5.74, 6) is 1.44. The van der Waals surface area contributed by atoms with E-state index in [1.165, 1.54) is 6.42 Å². The van der Waals surface area contributed by atoms with E-state index in [0.717, 1.165) is 5.92 Å². The third-order valence-corrected chi connectivity index (χ3v) is 2.89. The first-order valence-electron chi connectivity index (χ1n) is 4.90. The van der Waals surface area contributed by atoms with Gasteiger partial charge < -0.3 is 0 Å². The fourth-order valence-corrected chi connectivity index (χ4v) is 1.91. The third kappa shape index (κ3) is 1.80. The van der Waals surface area contributed by atoms with Crippen LogP contribution in [0.4, 0.5) is 0 Å². The Hall–Kier alpha value is -0.520. The van der Waals surface area contributed by atoms with Crippen LogP contribution in [-0.2, 0) is 0 Å². The number of hydrogen-bond acceptors (Lipinski definition) is 0. The van der Waals surface area contributed by atoms with Gasteiger partial charge >= 0.3 is 0 Å². The molecule has 0 heterocycles. The first-order valence-corrected chi connectivity index (χ1v) is 4.90. The summed E-state index contributed by atoms with van der Waals surface area (Å²) in [5, 5.41) is 0. The van der Waals surface area contributed by atoms with Crippen molar-refractivity contribution < 1.29 is 0 Å². The fraction of sp³-hybridized carbons (Fsp3) is 0.667. The molecular weight excluding hydrogens is 144 g/mol. The molecule has 0 spiro atoms. The Kier molecular flexibility index (Phi) is 2.76. The molecule has 0 aliphatic heterocycles. The smallest absolute Gasteiger partial charge is 0.0194 e. The standard InChI is InChI=1S/C12H20/c1-8(2)12-7-10(4)9(3)6-11(12)5/h7-9H,6H2,1-5H3. The van der Waals surface area contributed by atoms with E-state index in [9.17, 15) is 0 Å². The number of rotatable bonds is 1. The summed E-state index contributed by atoms with van der Waals surface area (Å²) in [6.07, 6.45) is 3.64. The van der Waals surface area contributed by atoms with E-state index in [0.29, 0.717) is 5.92 Å². The SMILES string of the molecule is CC1=CC(C(C)C)=C(C)CC1C. The van der Waals surface area contributed by atoms with Crippen LogP contribution in [0.15, 0.2) is 22.8 Å². The van der Waals surface area contributed by atoms with Gasteiger partial charge in [-0.05, 0) is 37.7 Å². The van der Waals surface area contributed by atoms with Crippen molar-refractivity contribution in [1.82, 2.24) is 0 Å². The molecule has 1 rings (SSSR count). The minimum atomic E-state index is 0.687. The second-order valence-corrected chi connectivity index (χ2v) is 4.38. The van der Waals surface area contributed by atoms with Crippen molar-refractivity contribution in [3.05, 3.63) is 22.8 Å². The van der Waals surface area contributed by atoms with E-state index in [1.54, 1.807) is 16.7 Å². The second kappa shape index (κ2) is 3.47. The Morgan fingerprint density at radius 2 is 1.92 bits per heavy atom. The highest BCUT2D eigenvalue weighted by Gasteiger charge is 2.15. The zero-order chi connectivity index (χ0) is 9.30. The highest BCUT2D eigenvalue weighted by atomic mass is 14.2. The third-order valence-electron chi connectivity index (χ3n) is 2.89. The minimum Gasteiger partial charge on any atom is -0.0699 e. The highest BCUT2D eigenvalue weighted by molar-refractivity contribution is 5.34. The van der Waals surface area contributed by atoms with Crippen LogP contribution in [0, 0.1) is 11.8 Å². The van der Waals surface area contributed by atoms with Crippen molar-refractivity contribution in [2.45, 2.75) is 41.0 Å². The van der Waals surface area contributed by atoms with Gasteiger partial charge in [0.25, 0.3) is 0 Å². The number of hydrogen-bond donors (Lipinski definition) is 0. The second-order valence-electron chi connectivity index (χ2n) is 4.38. The molecule has 0 bridgehead atoms. The van der Waals surface area contributed by atoms with E-state index in [2.05, 4.69) is 40.7 Å².